The Labute approximate surface area is 194 Å². The van der Waals surface area contributed by atoms with E-state index < -0.39 is 0 Å². The van der Waals surface area contributed by atoms with Gasteiger partial charge in [-0.25, -0.2) is 4.79 Å². The molecule has 0 spiro atoms. The van der Waals surface area contributed by atoms with Crippen LogP contribution in [0.3, 0.4) is 0 Å². The number of thiophene rings is 1. The summed E-state index contributed by atoms with van der Waals surface area (Å²) in [5, 5.41) is 6.56. The number of nitrogens with zero attached hydrogens (tertiary/aromatic N) is 2. The first-order chi connectivity index (χ1) is 15.4. The Morgan fingerprint density at radius 2 is 1.81 bits per heavy atom. The zero-order chi connectivity index (χ0) is 23.1. The van der Waals surface area contributed by atoms with Crippen LogP contribution in [0.2, 0.25) is 0 Å². The molecule has 1 atom stereocenters. The van der Waals surface area contributed by atoms with Crippen molar-refractivity contribution in [2.24, 2.45) is 0 Å². The summed E-state index contributed by atoms with van der Waals surface area (Å²) < 4.78 is 5.29. The number of carbonyl (C=O) groups excluding carboxylic acids is 3. The van der Waals surface area contributed by atoms with Gasteiger partial charge in [0.1, 0.15) is 5.00 Å². The summed E-state index contributed by atoms with van der Waals surface area (Å²) in [6, 6.07) is -0.319. The lowest BCUT2D eigenvalue weighted by Crippen LogP contribution is -2.54. The molecule has 2 heterocycles. The molecule has 1 unspecified atom stereocenters. The highest BCUT2D eigenvalue weighted by molar-refractivity contribution is 7.17. The average Bonchev–Trinajstić information content (AvgIpc) is 3.15. The third kappa shape index (κ3) is 6.08. The first-order valence-electron chi connectivity index (χ1n) is 11.8. The van der Waals surface area contributed by atoms with Crippen molar-refractivity contribution in [1.82, 2.24) is 15.1 Å². The topological polar surface area (TPSA) is 91.0 Å². The van der Waals surface area contributed by atoms with Crippen LogP contribution in [-0.4, -0.2) is 79.5 Å². The fraction of sp³-hybridized carbons (Fsp3) is 0.696. The van der Waals surface area contributed by atoms with E-state index in [4.69, 9.17) is 4.74 Å². The van der Waals surface area contributed by atoms with Crippen molar-refractivity contribution in [3.63, 3.8) is 0 Å². The van der Waals surface area contributed by atoms with E-state index >= 15 is 0 Å². The molecule has 3 rings (SSSR count). The largest absolute Gasteiger partial charge is 0.462 e. The molecule has 2 aliphatic rings. The quantitative estimate of drug-likeness (QED) is 0.545. The Morgan fingerprint density at radius 3 is 2.50 bits per heavy atom. The van der Waals surface area contributed by atoms with E-state index in [9.17, 15) is 14.4 Å². The maximum Gasteiger partial charge on any atom is 0.341 e. The molecule has 0 bridgehead atoms. The van der Waals surface area contributed by atoms with Gasteiger partial charge in [-0.1, -0.05) is 6.92 Å². The molecule has 1 aromatic heterocycles. The number of amides is 2. The van der Waals surface area contributed by atoms with Gasteiger partial charge in [0.15, 0.2) is 0 Å². The lowest BCUT2D eigenvalue weighted by atomic mass is 9.95. The van der Waals surface area contributed by atoms with Gasteiger partial charge in [0.05, 0.1) is 24.8 Å². The van der Waals surface area contributed by atoms with Crippen molar-refractivity contribution in [3.05, 3.63) is 16.0 Å². The Hall–Kier alpha value is -1.97. The lowest BCUT2D eigenvalue weighted by Gasteiger charge is -2.37. The first kappa shape index (κ1) is 24.7. The van der Waals surface area contributed by atoms with E-state index in [0.29, 0.717) is 30.3 Å². The summed E-state index contributed by atoms with van der Waals surface area (Å²) in [5.41, 5.74) is 1.60. The zero-order valence-corrected chi connectivity index (χ0v) is 20.3. The van der Waals surface area contributed by atoms with E-state index in [1.54, 1.807) is 6.92 Å². The van der Waals surface area contributed by atoms with Gasteiger partial charge in [0.25, 0.3) is 0 Å². The van der Waals surface area contributed by atoms with Crippen LogP contribution in [0.5, 0.6) is 0 Å². The Kier molecular flexibility index (Phi) is 9.07. The standard InChI is InChI=1S/C23H36N4O4S/c1-4-10-24-19(28)15-26-11-13-27(14-12-26)16(3)21(29)25-22-20(23(30)31-5-2)17-8-6-7-9-18(17)32-22/h16H,4-15H2,1-3H3,(H,24,28)(H,25,29). The molecule has 1 aliphatic heterocycles. The second-order valence-electron chi connectivity index (χ2n) is 8.46. The average molecular weight is 465 g/mol. The predicted octanol–water partition coefficient (Wildman–Crippen LogP) is 2.27. The third-order valence-electron chi connectivity index (χ3n) is 6.16. The molecular formula is C23H36N4O4S. The smallest absolute Gasteiger partial charge is 0.341 e. The van der Waals surface area contributed by atoms with E-state index in [1.807, 2.05) is 13.8 Å². The van der Waals surface area contributed by atoms with Crippen LogP contribution in [0.25, 0.3) is 0 Å². The number of aryl methyl sites for hydroxylation is 1. The molecule has 1 aromatic rings. The number of hydrogen-bond donors (Lipinski definition) is 2. The molecule has 1 saturated heterocycles. The third-order valence-corrected chi connectivity index (χ3v) is 7.37. The van der Waals surface area contributed by atoms with Gasteiger partial charge in [-0.3, -0.25) is 19.4 Å². The number of fused-ring (bicyclic) bond motifs is 1. The number of carbonyl (C=O) groups is 3. The fourth-order valence-corrected chi connectivity index (χ4v) is 5.57. The van der Waals surface area contributed by atoms with E-state index in [-0.39, 0.29) is 23.8 Å². The minimum absolute atomic E-state index is 0.0549. The number of rotatable bonds is 9. The van der Waals surface area contributed by atoms with Crippen molar-refractivity contribution in [1.29, 1.82) is 0 Å². The number of nitrogens with one attached hydrogen (secondary N) is 2. The van der Waals surface area contributed by atoms with Crippen molar-refractivity contribution in [3.8, 4) is 0 Å². The van der Waals surface area contributed by atoms with Crippen LogP contribution < -0.4 is 10.6 Å². The molecule has 1 fully saturated rings. The summed E-state index contributed by atoms with van der Waals surface area (Å²) in [6.07, 6.45) is 4.91. The predicted molar refractivity (Wildman–Crippen MR) is 126 cm³/mol. The van der Waals surface area contributed by atoms with Gasteiger partial charge in [-0.05, 0) is 51.5 Å². The molecule has 178 valence electrons. The summed E-state index contributed by atoms with van der Waals surface area (Å²) in [6.45, 7) is 10.1. The molecule has 0 saturated carbocycles. The Bertz CT molecular complexity index is 817. The van der Waals surface area contributed by atoms with Gasteiger partial charge in [-0.15, -0.1) is 11.3 Å². The molecule has 8 nitrogen and oxygen atoms in total. The maximum absolute atomic E-state index is 13.1. The summed E-state index contributed by atoms with van der Waals surface area (Å²) in [7, 11) is 0. The molecule has 2 amide bonds. The number of esters is 1. The Balaban J connectivity index is 1.59. The van der Waals surface area contributed by atoms with Crippen LogP contribution in [0.4, 0.5) is 5.00 Å². The van der Waals surface area contributed by atoms with Gasteiger partial charge in [-0.2, -0.15) is 0 Å². The van der Waals surface area contributed by atoms with Crippen molar-refractivity contribution < 1.29 is 19.1 Å². The SMILES string of the molecule is CCCNC(=O)CN1CCN(C(C)C(=O)Nc2sc3c(c2C(=O)OCC)CCCC3)CC1. The molecule has 1 aliphatic carbocycles. The maximum atomic E-state index is 13.1. The number of piperazine rings is 1. The van der Waals surface area contributed by atoms with Crippen LogP contribution in [0.1, 0.15) is 60.8 Å². The van der Waals surface area contributed by atoms with E-state index in [1.165, 1.54) is 16.2 Å². The molecule has 9 heteroatoms. The molecule has 32 heavy (non-hydrogen) atoms. The number of anilines is 1. The highest BCUT2D eigenvalue weighted by atomic mass is 32.1. The normalized spacial score (nSPS) is 18.0. The van der Waals surface area contributed by atoms with Crippen LogP contribution in [0, 0.1) is 0 Å². The fourth-order valence-electron chi connectivity index (χ4n) is 4.29. The summed E-state index contributed by atoms with van der Waals surface area (Å²) in [5.74, 6) is -0.396. The molecule has 0 radical (unpaired) electrons. The van der Waals surface area contributed by atoms with Gasteiger partial charge in [0, 0.05) is 37.6 Å². The Morgan fingerprint density at radius 1 is 1.09 bits per heavy atom. The monoisotopic (exact) mass is 464 g/mol. The summed E-state index contributed by atoms with van der Waals surface area (Å²) in [4.78, 5) is 43.1. The molecular weight excluding hydrogens is 428 g/mol. The zero-order valence-electron chi connectivity index (χ0n) is 19.5. The van der Waals surface area contributed by atoms with Gasteiger partial charge < -0.3 is 15.4 Å². The number of hydrogen-bond acceptors (Lipinski definition) is 7. The summed E-state index contributed by atoms with van der Waals surface area (Å²) >= 11 is 1.52. The second-order valence-corrected chi connectivity index (χ2v) is 9.57. The van der Waals surface area contributed by atoms with Crippen molar-refractivity contribution >= 4 is 34.1 Å². The minimum atomic E-state index is -0.343. The van der Waals surface area contributed by atoms with Crippen LogP contribution >= 0.6 is 11.3 Å². The highest BCUT2D eigenvalue weighted by Gasteiger charge is 2.30. The van der Waals surface area contributed by atoms with E-state index in [2.05, 4.69) is 20.4 Å². The van der Waals surface area contributed by atoms with Crippen LogP contribution in [0.15, 0.2) is 0 Å². The second kappa shape index (κ2) is 11.8. The van der Waals surface area contributed by atoms with Crippen LogP contribution in [-0.2, 0) is 27.2 Å². The number of ether oxygens (including phenoxy) is 1. The van der Waals surface area contributed by atoms with E-state index in [0.717, 1.165) is 63.8 Å². The van der Waals surface area contributed by atoms with Gasteiger partial charge >= 0.3 is 5.97 Å². The first-order valence-corrected chi connectivity index (χ1v) is 12.6. The minimum Gasteiger partial charge on any atom is -0.462 e. The molecule has 2 N–H and O–H groups in total. The highest BCUT2D eigenvalue weighted by Crippen LogP contribution is 2.38. The molecule has 0 aromatic carbocycles. The van der Waals surface area contributed by atoms with Crippen molar-refractivity contribution in [2.75, 3.05) is 51.2 Å². The van der Waals surface area contributed by atoms with Gasteiger partial charge in [0.2, 0.25) is 11.8 Å². The van der Waals surface area contributed by atoms with Crippen molar-refractivity contribution in [2.45, 2.75) is 58.9 Å². The lowest BCUT2D eigenvalue weighted by molar-refractivity contribution is -0.124.